The Morgan fingerprint density at radius 1 is 1.29 bits per heavy atom. The Kier molecular flexibility index (Phi) is 4.28. The quantitative estimate of drug-likeness (QED) is 0.706. The fraction of sp³-hybridized carbons (Fsp3) is 0.667. The van der Waals surface area contributed by atoms with E-state index in [1.165, 1.54) is 13.8 Å². The van der Waals surface area contributed by atoms with Crippen LogP contribution in [-0.2, 0) is 14.3 Å². The van der Waals surface area contributed by atoms with Gasteiger partial charge in [-0.15, -0.1) is 0 Å². The van der Waals surface area contributed by atoms with Gasteiger partial charge in [-0.3, -0.25) is 4.79 Å². The summed E-state index contributed by atoms with van der Waals surface area (Å²) in [6, 6.07) is 0. The summed E-state index contributed by atoms with van der Waals surface area (Å²) in [5, 5.41) is 11.5. The van der Waals surface area contributed by atoms with Crippen molar-refractivity contribution in [2.45, 2.75) is 38.7 Å². The molecule has 5 nitrogen and oxygen atoms in total. The Morgan fingerprint density at radius 2 is 1.88 bits per heavy atom. The van der Waals surface area contributed by atoms with Crippen molar-refractivity contribution in [2.75, 3.05) is 13.7 Å². The van der Waals surface area contributed by atoms with Crippen LogP contribution >= 0.6 is 0 Å². The van der Waals surface area contributed by atoms with Crippen molar-refractivity contribution in [2.24, 2.45) is 0 Å². The molecule has 0 aromatic rings. The average Bonchev–Trinajstić information content (AvgIpc) is 2.25. The number of rotatable bonds is 5. The van der Waals surface area contributed by atoms with Gasteiger partial charge in [-0.2, -0.15) is 0 Å². The molecule has 1 aliphatic carbocycles. The van der Waals surface area contributed by atoms with Crippen molar-refractivity contribution >= 4 is 11.9 Å². The maximum Gasteiger partial charge on any atom is 0.331 e. The van der Waals surface area contributed by atoms with Crippen molar-refractivity contribution in [1.82, 2.24) is 5.32 Å². The van der Waals surface area contributed by atoms with Crippen molar-refractivity contribution in [3.8, 4) is 0 Å². The minimum Gasteiger partial charge on any atom is -0.478 e. The second-order valence-electron chi connectivity index (χ2n) is 4.48. The van der Waals surface area contributed by atoms with Crippen LogP contribution in [0.15, 0.2) is 11.1 Å². The predicted octanol–water partition coefficient (Wildman–Crippen LogP) is 1.09. The molecule has 0 radical (unpaired) electrons. The van der Waals surface area contributed by atoms with E-state index in [-0.39, 0.29) is 22.7 Å². The molecule has 17 heavy (non-hydrogen) atoms. The Hall–Kier alpha value is -1.36. The number of carboxylic acid groups (broad SMARTS) is 1. The van der Waals surface area contributed by atoms with E-state index in [0.717, 1.165) is 19.3 Å². The summed E-state index contributed by atoms with van der Waals surface area (Å²) in [4.78, 5) is 22.4. The third-order valence-electron chi connectivity index (χ3n) is 3.49. The first-order valence-corrected chi connectivity index (χ1v) is 5.66. The highest BCUT2D eigenvalue weighted by Gasteiger charge is 2.37. The number of carbonyl (C=O) groups is 2. The molecule has 1 saturated carbocycles. The summed E-state index contributed by atoms with van der Waals surface area (Å²) in [6.45, 7) is 3.37. The Balaban J connectivity index is 2.55. The number of hydrogen-bond acceptors (Lipinski definition) is 3. The zero-order valence-electron chi connectivity index (χ0n) is 10.5. The van der Waals surface area contributed by atoms with Gasteiger partial charge in [0.05, 0.1) is 5.60 Å². The van der Waals surface area contributed by atoms with Gasteiger partial charge in [-0.25, -0.2) is 4.79 Å². The molecule has 0 heterocycles. The van der Waals surface area contributed by atoms with E-state index in [1.807, 2.05) is 0 Å². The van der Waals surface area contributed by atoms with Crippen LogP contribution in [0.1, 0.15) is 33.1 Å². The number of carbonyl (C=O) groups excluding carboxylic acids is 1. The predicted molar refractivity (Wildman–Crippen MR) is 62.6 cm³/mol. The lowest BCUT2D eigenvalue weighted by atomic mass is 9.80. The third-order valence-corrected chi connectivity index (χ3v) is 3.49. The zero-order chi connectivity index (χ0) is 13.1. The van der Waals surface area contributed by atoms with E-state index in [0.29, 0.717) is 6.54 Å². The van der Waals surface area contributed by atoms with Gasteiger partial charge in [-0.1, -0.05) is 0 Å². The van der Waals surface area contributed by atoms with Crippen LogP contribution in [0, 0.1) is 0 Å². The summed E-state index contributed by atoms with van der Waals surface area (Å²) in [5.41, 5.74) is 0.0678. The van der Waals surface area contributed by atoms with Crippen molar-refractivity contribution in [3.05, 3.63) is 11.1 Å². The molecule has 0 aromatic carbocycles. The molecule has 96 valence electrons. The average molecular weight is 241 g/mol. The highest BCUT2D eigenvalue weighted by Crippen LogP contribution is 2.34. The SMILES string of the molecule is COC1(CNC(=O)C(C)=C(C)C(=O)O)CCC1. The maximum absolute atomic E-state index is 11.7. The van der Waals surface area contributed by atoms with Gasteiger partial charge in [-0.05, 0) is 33.1 Å². The molecule has 0 unspecified atom stereocenters. The van der Waals surface area contributed by atoms with E-state index in [9.17, 15) is 9.59 Å². The molecule has 2 N–H and O–H groups in total. The number of methoxy groups -OCH3 is 1. The van der Waals surface area contributed by atoms with Gasteiger partial charge >= 0.3 is 5.97 Å². The van der Waals surface area contributed by atoms with Crippen LogP contribution < -0.4 is 5.32 Å². The smallest absolute Gasteiger partial charge is 0.331 e. The van der Waals surface area contributed by atoms with Crippen LogP contribution in [0.4, 0.5) is 0 Å². The van der Waals surface area contributed by atoms with Gasteiger partial charge in [0.1, 0.15) is 0 Å². The molecule has 0 spiro atoms. The standard InChI is InChI=1S/C12H19NO4/c1-8(9(2)11(15)16)10(14)13-7-12(17-3)5-4-6-12/h4-7H2,1-3H3,(H,13,14)(H,15,16). The van der Waals surface area contributed by atoms with Gasteiger partial charge in [0.25, 0.3) is 0 Å². The second kappa shape index (κ2) is 5.31. The highest BCUT2D eigenvalue weighted by molar-refractivity contribution is 6.01. The summed E-state index contributed by atoms with van der Waals surface area (Å²) < 4.78 is 5.36. The van der Waals surface area contributed by atoms with Crippen LogP contribution in [0.25, 0.3) is 0 Å². The summed E-state index contributed by atoms with van der Waals surface area (Å²) in [7, 11) is 1.64. The minimum absolute atomic E-state index is 0.0718. The molecule has 1 fully saturated rings. The Labute approximate surface area is 101 Å². The molecule has 0 atom stereocenters. The van der Waals surface area contributed by atoms with Crippen LogP contribution in [-0.4, -0.2) is 36.2 Å². The first-order valence-electron chi connectivity index (χ1n) is 5.66. The van der Waals surface area contributed by atoms with E-state index < -0.39 is 5.97 Å². The third kappa shape index (κ3) is 3.06. The largest absolute Gasteiger partial charge is 0.478 e. The van der Waals surface area contributed by atoms with Gasteiger partial charge < -0.3 is 15.2 Å². The lowest BCUT2D eigenvalue weighted by Crippen LogP contribution is -2.49. The lowest BCUT2D eigenvalue weighted by Gasteiger charge is -2.40. The number of hydrogen-bond donors (Lipinski definition) is 2. The number of amides is 1. The molecular formula is C12H19NO4. The molecule has 0 bridgehead atoms. The number of aliphatic carboxylic acids is 1. The Bertz CT molecular complexity index is 350. The normalized spacial score (nSPS) is 19.0. The number of carboxylic acids is 1. The monoisotopic (exact) mass is 241 g/mol. The molecule has 0 aromatic heterocycles. The first-order chi connectivity index (χ1) is 7.92. The molecular weight excluding hydrogens is 222 g/mol. The fourth-order valence-corrected chi connectivity index (χ4v) is 1.73. The maximum atomic E-state index is 11.7. The summed E-state index contributed by atoms with van der Waals surface area (Å²) >= 11 is 0. The molecule has 1 amide bonds. The van der Waals surface area contributed by atoms with Gasteiger partial charge in [0.15, 0.2) is 0 Å². The zero-order valence-corrected chi connectivity index (χ0v) is 10.5. The van der Waals surface area contributed by atoms with Crippen molar-refractivity contribution < 1.29 is 19.4 Å². The van der Waals surface area contributed by atoms with Crippen molar-refractivity contribution in [1.29, 1.82) is 0 Å². The first kappa shape index (κ1) is 13.7. The lowest BCUT2D eigenvalue weighted by molar-refractivity contribution is -0.133. The Morgan fingerprint density at radius 3 is 2.24 bits per heavy atom. The second-order valence-corrected chi connectivity index (χ2v) is 4.48. The van der Waals surface area contributed by atoms with Gasteiger partial charge in [0, 0.05) is 24.8 Å². The number of ether oxygens (including phenoxy) is 1. The molecule has 0 aliphatic heterocycles. The van der Waals surface area contributed by atoms with Crippen LogP contribution in [0.3, 0.4) is 0 Å². The van der Waals surface area contributed by atoms with E-state index >= 15 is 0 Å². The highest BCUT2D eigenvalue weighted by atomic mass is 16.5. The van der Waals surface area contributed by atoms with Crippen LogP contribution in [0.2, 0.25) is 0 Å². The summed E-state index contributed by atoms with van der Waals surface area (Å²) in [6.07, 6.45) is 2.97. The van der Waals surface area contributed by atoms with E-state index in [4.69, 9.17) is 9.84 Å². The fourth-order valence-electron chi connectivity index (χ4n) is 1.73. The topological polar surface area (TPSA) is 75.6 Å². The molecule has 1 aliphatic rings. The van der Waals surface area contributed by atoms with E-state index in [1.54, 1.807) is 7.11 Å². The van der Waals surface area contributed by atoms with Crippen LogP contribution in [0.5, 0.6) is 0 Å². The minimum atomic E-state index is -1.07. The van der Waals surface area contributed by atoms with Gasteiger partial charge in [0.2, 0.25) is 5.91 Å². The van der Waals surface area contributed by atoms with E-state index in [2.05, 4.69) is 5.32 Å². The molecule has 1 rings (SSSR count). The van der Waals surface area contributed by atoms with Crippen molar-refractivity contribution in [3.63, 3.8) is 0 Å². The summed E-state index contributed by atoms with van der Waals surface area (Å²) in [5.74, 6) is -1.41. The molecule has 5 heteroatoms. The molecule has 0 saturated heterocycles. The number of nitrogens with one attached hydrogen (secondary N) is 1.